The molecule has 3 aromatic rings. The Morgan fingerprint density at radius 3 is 2.71 bits per heavy atom. The molecule has 3 heterocycles. The zero-order valence-electron chi connectivity index (χ0n) is 16.0. The van der Waals surface area contributed by atoms with Gasteiger partial charge in [0.05, 0.1) is 0 Å². The lowest BCUT2D eigenvalue weighted by Crippen LogP contribution is -2.50. The molecule has 0 saturated heterocycles. The second-order valence-corrected chi connectivity index (χ2v) is 7.37. The van der Waals surface area contributed by atoms with E-state index in [-0.39, 0.29) is 17.7 Å². The Bertz CT molecular complexity index is 1030. The highest BCUT2D eigenvalue weighted by Gasteiger charge is 2.37. The third-order valence-corrected chi connectivity index (χ3v) is 5.12. The summed E-state index contributed by atoms with van der Waals surface area (Å²) in [7, 11) is 0. The van der Waals surface area contributed by atoms with E-state index in [1.165, 1.54) is 0 Å². The Kier molecular flexibility index (Phi) is 4.81. The van der Waals surface area contributed by atoms with E-state index in [4.69, 9.17) is 0 Å². The van der Waals surface area contributed by atoms with Gasteiger partial charge in [0.25, 0.3) is 5.91 Å². The van der Waals surface area contributed by atoms with Crippen molar-refractivity contribution >= 4 is 17.5 Å². The lowest BCUT2D eigenvalue weighted by atomic mass is 10.0. The van der Waals surface area contributed by atoms with E-state index in [0.717, 1.165) is 17.0 Å². The van der Waals surface area contributed by atoms with Crippen molar-refractivity contribution in [2.75, 3.05) is 6.54 Å². The van der Waals surface area contributed by atoms with Crippen LogP contribution in [0.4, 0.5) is 0 Å². The molecule has 0 radical (unpaired) electrons. The minimum absolute atomic E-state index is 0.00665. The van der Waals surface area contributed by atoms with Gasteiger partial charge >= 0.3 is 0 Å². The van der Waals surface area contributed by atoms with E-state index in [0.29, 0.717) is 25.1 Å². The molecule has 0 fully saturated rings. The highest BCUT2D eigenvalue weighted by atomic mass is 16.2. The third-order valence-electron chi connectivity index (χ3n) is 5.12. The van der Waals surface area contributed by atoms with E-state index in [9.17, 15) is 9.59 Å². The van der Waals surface area contributed by atoms with Crippen molar-refractivity contribution in [3.05, 3.63) is 65.6 Å². The molecule has 0 unspecified atom stereocenters. The van der Waals surface area contributed by atoms with Crippen LogP contribution in [0.15, 0.2) is 48.7 Å². The number of hydrogen-bond acceptors (Lipinski definition) is 4. The number of nitrogens with one attached hydrogen (secondary N) is 1. The fourth-order valence-corrected chi connectivity index (χ4v) is 3.77. The minimum atomic E-state index is -0.505. The van der Waals surface area contributed by atoms with Crippen LogP contribution in [-0.2, 0) is 17.8 Å². The minimum Gasteiger partial charge on any atom is -0.354 e. The first kappa shape index (κ1) is 18.2. The Balaban J connectivity index is 1.43. The summed E-state index contributed by atoms with van der Waals surface area (Å²) in [6.45, 7) is 4.84. The molecule has 144 valence electrons. The highest BCUT2D eigenvalue weighted by Crippen LogP contribution is 2.27. The van der Waals surface area contributed by atoms with Gasteiger partial charge < -0.3 is 10.2 Å². The standard InChI is InChI=1S/C21H23N5O2/c1-14(2)19(26-13-15-7-3-4-8-16(15)21(26)28)20(27)22-11-10-18-24-23-17-9-5-6-12-25(17)18/h3-9,12,14,19H,10-11,13H2,1-2H3,(H,22,27)/t19-/m1/s1. The summed E-state index contributed by atoms with van der Waals surface area (Å²) >= 11 is 0. The van der Waals surface area contributed by atoms with Crippen molar-refractivity contribution in [3.8, 4) is 0 Å². The van der Waals surface area contributed by atoms with E-state index in [1.54, 1.807) is 4.90 Å². The normalized spacial score (nSPS) is 14.5. The van der Waals surface area contributed by atoms with Gasteiger partial charge in [0.15, 0.2) is 5.65 Å². The van der Waals surface area contributed by atoms with Crippen molar-refractivity contribution in [1.29, 1.82) is 0 Å². The largest absolute Gasteiger partial charge is 0.354 e. The monoisotopic (exact) mass is 377 g/mol. The third kappa shape index (κ3) is 3.24. The maximum atomic E-state index is 12.9. The molecule has 1 aliphatic heterocycles. The SMILES string of the molecule is CC(C)[C@H](C(=O)NCCc1nnc2ccccn12)N1Cc2ccccc2C1=O. The number of benzene rings is 1. The van der Waals surface area contributed by atoms with Gasteiger partial charge in [0, 0.05) is 31.3 Å². The number of hydrogen-bond donors (Lipinski definition) is 1. The fraction of sp³-hybridized carbons (Fsp3) is 0.333. The number of carbonyl (C=O) groups excluding carboxylic acids is 2. The molecule has 7 heteroatoms. The quantitative estimate of drug-likeness (QED) is 0.713. The van der Waals surface area contributed by atoms with Gasteiger partial charge in [-0.25, -0.2) is 0 Å². The van der Waals surface area contributed by atoms with Gasteiger partial charge in [-0.3, -0.25) is 14.0 Å². The predicted molar refractivity (Wildman–Crippen MR) is 105 cm³/mol. The summed E-state index contributed by atoms with van der Waals surface area (Å²) in [6, 6.07) is 12.8. The number of pyridine rings is 1. The van der Waals surface area contributed by atoms with E-state index in [2.05, 4.69) is 15.5 Å². The average molecular weight is 377 g/mol. The van der Waals surface area contributed by atoms with Gasteiger partial charge in [-0.1, -0.05) is 38.1 Å². The summed E-state index contributed by atoms with van der Waals surface area (Å²) < 4.78 is 1.91. The summed E-state index contributed by atoms with van der Waals surface area (Å²) in [5.74, 6) is 0.590. The van der Waals surface area contributed by atoms with E-state index in [1.807, 2.05) is 66.9 Å². The van der Waals surface area contributed by atoms with Gasteiger partial charge in [-0.15, -0.1) is 10.2 Å². The van der Waals surface area contributed by atoms with Crippen LogP contribution in [0.1, 0.15) is 35.6 Å². The van der Waals surface area contributed by atoms with Crippen molar-refractivity contribution in [3.63, 3.8) is 0 Å². The Morgan fingerprint density at radius 2 is 1.93 bits per heavy atom. The van der Waals surface area contributed by atoms with Crippen LogP contribution in [0.3, 0.4) is 0 Å². The first-order chi connectivity index (χ1) is 13.6. The summed E-state index contributed by atoms with van der Waals surface area (Å²) in [6.07, 6.45) is 2.47. The number of nitrogens with zero attached hydrogens (tertiary/aromatic N) is 4. The number of amides is 2. The molecule has 0 spiro atoms. The molecule has 0 bridgehead atoms. The van der Waals surface area contributed by atoms with Crippen molar-refractivity contribution in [2.45, 2.75) is 32.9 Å². The number of rotatable bonds is 6. The van der Waals surface area contributed by atoms with Crippen LogP contribution < -0.4 is 5.32 Å². The van der Waals surface area contributed by atoms with Gasteiger partial charge in [0.1, 0.15) is 11.9 Å². The zero-order valence-corrected chi connectivity index (χ0v) is 16.0. The lowest BCUT2D eigenvalue weighted by molar-refractivity contribution is -0.127. The molecule has 0 saturated carbocycles. The molecular formula is C21H23N5O2. The topological polar surface area (TPSA) is 79.6 Å². The molecule has 1 N–H and O–H groups in total. The molecule has 2 amide bonds. The van der Waals surface area contributed by atoms with Crippen molar-refractivity contribution in [1.82, 2.24) is 24.8 Å². The fourth-order valence-electron chi connectivity index (χ4n) is 3.77. The maximum Gasteiger partial charge on any atom is 0.255 e. The maximum absolute atomic E-state index is 12.9. The first-order valence-corrected chi connectivity index (χ1v) is 9.51. The molecule has 1 aromatic carbocycles. The molecule has 1 atom stereocenters. The number of fused-ring (bicyclic) bond motifs is 2. The average Bonchev–Trinajstić information content (AvgIpc) is 3.24. The predicted octanol–water partition coefficient (Wildman–Crippen LogP) is 2.07. The Morgan fingerprint density at radius 1 is 1.14 bits per heavy atom. The van der Waals surface area contributed by atoms with Crippen molar-refractivity contribution < 1.29 is 9.59 Å². The van der Waals surface area contributed by atoms with Crippen LogP contribution in [0.5, 0.6) is 0 Å². The van der Waals surface area contributed by atoms with Crippen LogP contribution in [-0.4, -0.2) is 43.9 Å². The molecule has 7 nitrogen and oxygen atoms in total. The molecule has 28 heavy (non-hydrogen) atoms. The summed E-state index contributed by atoms with van der Waals surface area (Å²) in [4.78, 5) is 27.4. The number of carbonyl (C=O) groups is 2. The molecule has 2 aromatic heterocycles. The molecule has 1 aliphatic rings. The van der Waals surface area contributed by atoms with Gasteiger partial charge in [-0.05, 0) is 29.7 Å². The van der Waals surface area contributed by atoms with Crippen LogP contribution in [0.25, 0.3) is 5.65 Å². The van der Waals surface area contributed by atoms with Gasteiger partial charge in [-0.2, -0.15) is 0 Å². The van der Waals surface area contributed by atoms with Gasteiger partial charge in [0.2, 0.25) is 5.91 Å². The van der Waals surface area contributed by atoms with Crippen LogP contribution >= 0.6 is 0 Å². The van der Waals surface area contributed by atoms with Crippen LogP contribution in [0, 0.1) is 5.92 Å². The van der Waals surface area contributed by atoms with Crippen LogP contribution in [0.2, 0.25) is 0 Å². The summed E-state index contributed by atoms with van der Waals surface area (Å²) in [5.41, 5.74) is 2.45. The highest BCUT2D eigenvalue weighted by molar-refractivity contribution is 6.01. The second-order valence-electron chi connectivity index (χ2n) is 7.37. The second kappa shape index (κ2) is 7.42. The first-order valence-electron chi connectivity index (χ1n) is 9.51. The zero-order chi connectivity index (χ0) is 19.7. The lowest BCUT2D eigenvalue weighted by Gasteiger charge is -2.29. The van der Waals surface area contributed by atoms with Crippen molar-refractivity contribution in [2.24, 2.45) is 5.92 Å². The summed E-state index contributed by atoms with van der Waals surface area (Å²) in [5, 5.41) is 11.3. The van der Waals surface area contributed by atoms with E-state index < -0.39 is 6.04 Å². The van der Waals surface area contributed by atoms with E-state index >= 15 is 0 Å². The number of aromatic nitrogens is 3. The Hall–Kier alpha value is -3.22. The Labute approximate surface area is 163 Å². The smallest absolute Gasteiger partial charge is 0.255 e. The molecular weight excluding hydrogens is 354 g/mol. The molecule has 4 rings (SSSR count). The molecule has 0 aliphatic carbocycles.